The molecule has 1 aliphatic rings. The summed E-state index contributed by atoms with van der Waals surface area (Å²) in [6.45, 7) is 2.31. The zero-order valence-corrected chi connectivity index (χ0v) is 12.0. The predicted octanol–water partition coefficient (Wildman–Crippen LogP) is 2.02. The minimum Gasteiger partial charge on any atom is -0.497 e. The van der Waals surface area contributed by atoms with E-state index < -0.39 is 11.9 Å². The number of hydrogen-bond donors (Lipinski definition) is 2. The van der Waals surface area contributed by atoms with Gasteiger partial charge in [-0.15, -0.1) is 0 Å². The van der Waals surface area contributed by atoms with E-state index in [1.165, 1.54) is 4.90 Å². The van der Waals surface area contributed by atoms with Gasteiger partial charge in [-0.2, -0.15) is 0 Å². The van der Waals surface area contributed by atoms with Gasteiger partial charge in [-0.1, -0.05) is 19.1 Å². The molecule has 0 spiro atoms. The number of hydrogen-bond acceptors (Lipinski definition) is 4. The summed E-state index contributed by atoms with van der Waals surface area (Å²) in [6.07, 6.45) is 2.30. The number of imide groups is 1. The van der Waals surface area contributed by atoms with Gasteiger partial charge in [-0.05, 0) is 30.2 Å². The third kappa shape index (κ3) is 3.10. The standard InChI is InChI=1S/C15H17N3O3/c1-3-8-18-13(16)12(14(19)17-15(18)20)9-10-4-6-11(21-2)7-5-10/h4-7,9,16H,3,8H2,1-2H3,(H,17,19,20)/b12-9+,16-13?. The number of ether oxygens (including phenoxy) is 1. The Morgan fingerprint density at radius 2 is 1.95 bits per heavy atom. The maximum Gasteiger partial charge on any atom is 0.329 e. The van der Waals surface area contributed by atoms with Gasteiger partial charge in [0.25, 0.3) is 5.91 Å². The molecule has 1 aromatic carbocycles. The number of amides is 3. The molecule has 2 N–H and O–H groups in total. The number of nitrogens with one attached hydrogen (secondary N) is 2. The van der Waals surface area contributed by atoms with E-state index in [0.29, 0.717) is 18.7 Å². The molecule has 6 nitrogen and oxygen atoms in total. The van der Waals surface area contributed by atoms with E-state index in [4.69, 9.17) is 10.1 Å². The van der Waals surface area contributed by atoms with Crippen LogP contribution in [-0.4, -0.2) is 36.3 Å². The van der Waals surface area contributed by atoms with Gasteiger partial charge in [0.1, 0.15) is 11.6 Å². The van der Waals surface area contributed by atoms with Crippen molar-refractivity contribution in [2.24, 2.45) is 0 Å². The molecule has 0 radical (unpaired) electrons. The number of amidine groups is 1. The van der Waals surface area contributed by atoms with Crippen molar-refractivity contribution < 1.29 is 14.3 Å². The fraction of sp³-hybridized carbons (Fsp3) is 0.267. The maximum absolute atomic E-state index is 11.9. The maximum atomic E-state index is 11.9. The van der Waals surface area contributed by atoms with Gasteiger partial charge in [0.15, 0.2) is 0 Å². The summed E-state index contributed by atoms with van der Waals surface area (Å²) >= 11 is 0. The molecule has 6 heteroatoms. The molecule has 1 heterocycles. The second-order valence-electron chi connectivity index (χ2n) is 4.59. The lowest BCUT2D eigenvalue weighted by Gasteiger charge is -2.28. The van der Waals surface area contributed by atoms with E-state index in [-0.39, 0.29) is 11.4 Å². The Balaban J connectivity index is 2.30. The van der Waals surface area contributed by atoms with Crippen molar-refractivity contribution in [2.45, 2.75) is 13.3 Å². The molecule has 1 saturated heterocycles. The molecule has 110 valence electrons. The Morgan fingerprint density at radius 3 is 2.52 bits per heavy atom. The Kier molecular flexibility index (Phi) is 4.37. The first-order valence-corrected chi connectivity index (χ1v) is 6.64. The molecule has 0 aromatic heterocycles. The van der Waals surface area contributed by atoms with Gasteiger partial charge < -0.3 is 4.74 Å². The number of carbonyl (C=O) groups is 2. The highest BCUT2D eigenvalue weighted by Crippen LogP contribution is 2.17. The fourth-order valence-electron chi connectivity index (χ4n) is 2.02. The van der Waals surface area contributed by atoms with Gasteiger partial charge in [-0.25, -0.2) is 4.79 Å². The van der Waals surface area contributed by atoms with Crippen LogP contribution in [-0.2, 0) is 4.79 Å². The molecule has 21 heavy (non-hydrogen) atoms. The lowest BCUT2D eigenvalue weighted by molar-refractivity contribution is -0.116. The van der Waals surface area contributed by atoms with E-state index in [1.54, 1.807) is 37.5 Å². The van der Waals surface area contributed by atoms with Crippen LogP contribution in [0, 0.1) is 5.41 Å². The Bertz CT molecular complexity index is 605. The summed E-state index contributed by atoms with van der Waals surface area (Å²) in [7, 11) is 1.58. The molecule has 0 aliphatic carbocycles. The Morgan fingerprint density at radius 1 is 1.29 bits per heavy atom. The summed E-state index contributed by atoms with van der Waals surface area (Å²) < 4.78 is 5.07. The second-order valence-corrected chi connectivity index (χ2v) is 4.59. The highest BCUT2D eigenvalue weighted by molar-refractivity contribution is 6.31. The fourth-order valence-corrected chi connectivity index (χ4v) is 2.02. The first-order valence-electron chi connectivity index (χ1n) is 6.64. The molecular weight excluding hydrogens is 270 g/mol. The van der Waals surface area contributed by atoms with Crippen molar-refractivity contribution >= 4 is 23.8 Å². The zero-order valence-electron chi connectivity index (χ0n) is 12.0. The van der Waals surface area contributed by atoms with E-state index in [0.717, 1.165) is 5.56 Å². The van der Waals surface area contributed by atoms with Gasteiger partial charge in [0.2, 0.25) is 0 Å². The molecule has 0 atom stereocenters. The van der Waals surface area contributed by atoms with E-state index in [9.17, 15) is 9.59 Å². The van der Waals surface area contributed by atoms with Crippen LogP contribution < -0.4 is 10.1 Å². The third-order valence-corrected chi connectivity index (χ3v) is 3.11. The third-order valence-electron chi connectivity index (χ3n) is 3.11. The summed E-state index contributed by atoms with van der Waals surface area (Å²) in [5, 5.41) is 10.3. The lowest BCUT2D eigenvalue weighted by atomic mass is 10.1. The first-order chi connectivity index (χ1) is 10.1. The van der Waals surface area contributed by atoms with Gasteiger partial charge >= 0.3 is 6.03 Å². The average molecular weight is 287 g/mol. The predicted molar refractivity (Wildman–Crippen MR) is 79.2 cm³/mol. The minimum absolute atomic E-state index is 0.0681. The monoisotopic (exact) mass is 287 g/mol. The molecule has 1 fully saturated rings. The minimum atomic E-state index is -0.548. The second kappa shape index (κ2) is 6.21. The normalized spacial score (nSPS) is 17.1. The SMILES string of the molecule is CCCN1C(=N)/C(=C\c2ccc(OC)cc2)C(=O)NC1=O. The molecule has 3 amide bonds. The van der Waals surface area contributed by atoms with Crippen LogP contribution in [0.25, 0.3) is 6.08 Å². The highest BCUT2D eigenvalue weighted by Gasteiger charge is 2.32. The topological polar surface area (TPSA) is 82.5 Å². The molecule has 0 unspecified atom stereocenters. The van der Waals surface area contributed by atoms with Crippen molar-refractivity contribution in [2.75, 3.05) is 13.7 Å². The molecule has 1 aliphatic heterocycles. The molecule has 0 saturated carbocycles. The summed E-state index contributed by atoms with van der Waals surface area (Å²) in [5.74, 6) is 0.0951. The zero-order chi connectivity index (χ0) is 15.4. The van der Waals surface area contributed by atoms with Crippen LogP contribution >= 0.6 is 0 Å². The average Bonchev–Trinajstić information content (AvgIpc) is 2.48. The van der Waals surface area contributed by atoms with Crippen LogP contribution in [0.4, 0.5) is 4.79 Å². The lowest BCUT2D eigenvalue weighted by Crippen LogP contribution is -2.54. The van der Waals surface area contributed by atoms with Gasteiger partial charge in [-0.3, -0.25) is 20.4 Å². The Hall–Kier alpha value is -2.63. The van der Waals surface area contributed by atoms with Crippen LogP contribution in [0.5, 0.6) is 5.75 Å². The number of rotatable bonds is 4. The van der Waals surface area contributed by atoms with Gasteiger partial charge in [0, 0.05) is 6.54 Å². The summed E-state index contributed by atoms with van der Waals surface area (Å²) in [4.78, 5) is 24.9. The summed E-state index contributed by atoms with van der Waals surface area (Å²) in [6, 6.07) is 6.57. The van der Waals surface area contributed by atoms with Crippen LogP contribution in [0.3, 0.4) is 0 Å². The van der Waals surface area contributed by atoms with E-state index in [2.05, 4.69) is 5.32 Å². The van der Waals surface area contributed by atoms with E-state index in [1.807, 2.05) is 6.92 Å². The van der Waals surface area contributed by atoms with Crippen molar-refractivity contribution in [3.63, 3.8) is 0 Å². The Labute approximate surface area is 122 Å². The molecule has 0 bridgehead atoms. The molecule has 1 aromatic rings. The number of urea groups is 1. The molecular formula is C15H17N3O3. The number of benzene rings is 1. The van der Waals surface area contributed by atoms with Crippen molar-refractivity contribution in [3.05, 3.63) is 35.4 Å². The molecule has 2 rings (SSSR count). The van der Waals surface area contributed by atoms with Crippen molar-refractivity contribution in [1.29, 1.82) is 5.41 Å². The summed E-state index contributed by atoms with van der Waals surface area (Å²) in [5.41, 5.74) is 0.935. The first kappa shape index (κ1) is 14.8. The number of methoxy groups -OCH3 is 1. The van der Waals surface area contributed by atoms with Gasteiger partial charge in [0.05, 0.1) is 12.7 Å². The van der Waals surface area contributed by atoms with Crippen LogP contribution in [0.1, 0.15) is 18.9 Å². The van der Waals surface area contributed by atoms with E-state index >= 15 is 0 Å². The number of nitrogens with zero attached hydrogens (tertiary/aromatic N) is 1. The van der Waals surface area contributed by atoms with Crippen molar-refractivity contribution in [1.82, 2.24) is 10.2 Å². The largest absolute Gasteiger partial charge is 0.497 e. The van der Waals surface area contributed by atoms with Crippen LogP contribution in [0.2, 0.25) is 0 Å². The smallest absolute Gasteiger partial charge is 0.329 e. The quantitative estimate of drug-likeness (QED) is 0.831. The van der Waals surface area contributed by atoms with Crippen LogP contribution in [0.15, 0.2) is 29.8 Å². The van der Waals surface area contributed by atoms with Crippen molar-refractivity contribution in [3.8, 4) is 5.75 Å². The number of carbonyl (C=O) groups excluding carboxylic acids is 2. The highest BCUT2D eigenvalue weighted by atomic mass is 16.5.